The summed E-state index contributed by atoms with van der Waals surface area (Å²) in [5.41, 5.74) is 5.35. The van der Waals surface area contributed by atoms with E-state index in [4.69, 9.17) is 10.9 Å². The molecule has 0 atom stereocenters. The Hall–Kier alpha value is -1.56. The molecule has 5 nitrogen and oxygen atoms in total. The molecule has 0 aliphatic heterocycles. The highest BCUT2D eigenvalue weighted by atomic mass is 79.9. The molecule has 0 aliphatic carbocycles. The van der Waals surface area contributed by atoms with Crippen molar-refractivity contribution in [3.8, 4) is 0 Å². The van der Waals surface area contributed by atoms with Gasteiger partial charge in [-0.15, -0.1) is 0 Å². The molecular formula is C13H18BrN3O2. The van der Waals surface area contributed by atoms with Crippen molar-refractivity contribution in [2.24, 2.45) is 16.3 Å². The number of para-hydroxylation sites is 1. The number of hydrogen-bond donors (Lipinski definition) is 3. The Kier molecular flexibility index (Phi) is 5.35. The zero-order chi connectivity index (χ0) is 14.5. The van der Waals surface area contributed by atoms with E-state index in [0.717, 1.165) is 4.47 Å². The fourth-order valence-corrected chi connectivity index (χ4v) is 2.33. The highest BCUT2D eigenvalue weighted by Crippen LogP contribution is 2.30. The number of anilines is 1. The minimum Gasteiger partial charge on any atom is -0.409 e. The minimum absolute atomic E-state index is 0.0675. The van der Waals surface area contributed by atoms with Crippen molar-refractivity contribution < 1.29 is 10.0 Å². The first-order valence-electron chi connectivity index (χ1n) is 6.05. The average molecular weight is 328 g/mol. The number of nitrogens with zero attached hydrogens (tertiary/aromatic N) is 1. The summed E-state index contributed by atoms with van der Waals surface area (Å²) in [7, 11) is 0. The van der Waals surface area contributed by atoms with E-state index in [-0.39, 0.29) is 11.7 Å². The smallest absolute Gasteiger partial charge is 0.238 e. The van der Waals surface area contributed by atoms with E-state index in [9.17, 15) is 4.79 Å². The first-order valence-corrected chi connectivity index (χ1v) is 6.85. The maximum atomic E-state index is 12.4. The zero-order valence-corrected chi connectivity index (χ0v) is 12.6. The summed E-state index contributed by atoms with van der Waals surface area (Å²) in [5.74, 6) is -0.346. The zero-order valence-electron chi connectivity index (χ0n) is 11.0. The number of hydrogen-bond acceptors (Lipinski definition) is 3. The maximum absolute atomic E-state index is 12.4. The largest absolute Gasteiger partial charge is 0.409 e. The monoisotopic (exact) mass is 327 g/mol. The molecule has 0 spiro atoms. The second kappa shape index (κ2) is 6.56. The van der Waals surface area contributed by atoms with Crippen LogP contribution in [-0.4, -0.2) is 17.0 Å². The van der Waals surface area contributed by atoms with Gasteiger partial charge in [-0.1, -0.05) is 31.1 Å². The molecule has 19 heavy (non-hydrogen) atoms. The third-order valence-corrected chi connectivity index (χ3v) is 4.05. The summed E-state index contributed by atoms with van der Waals surface area (Å²) < 4.78 is 0.781. The molecule has 6 heteroatoms. The Morgan fingerprint density at radius 1 is 1.42 bits per heavy atom. The molecule has 0 saturated carbocycles. The summed E-state index contributed by atoms with van der Waals surface area (Å²) in [5, 5.41) is 14.7. The predicted molar refractivity (Wildman–Crippen MR) is 79.2 cm³/mol. The van der Waals surface area contributed by atoms with Crippen molar-refractivity contribution in [1.82, 2.24) is 0 Å². The first kappa shape index (κ1) is 15.5. The van der Waals surface area contributed by atoms with Gasteiger partial charge in [-0.2, -0.15) is 0 Å². The van der Waals surface area contributed by atoms with Gasteiger partial charge in [-0.3, -0.25) is 4.79 Å². The molecule has 1 amide bonds. The van der Waals surface area contributed by atoms with E-state index in [1.54, 1.807) is 6.07 Å². The lowest BCUT2D eigenvalue weighted by molar-refractivity contribution is -0.122. The number of carbonyl (C=O) groups excluding carboxylic acids is 1. The van der Waals surface area contributed by atoms with Crippen molar-refractivity contribution in [3.05, 3.63) is 28.7 Å². The highest BCUT2D eigenvalue weighted by molar-refractivity contribution is 9.10. The van der Waals surface area contributed by atoms with E-state index >= 15 is 0 Å². The number of nitrogens with two attached hydrogens (primary N) is 1. The van der Waals surface area contributed by atoms with Gasteiger partial charge >= 0.3 is 0 Å². The molecule has 4 N–H and O–H groups in total. The molecule has 104 valence electrons. The van der Waals surface area contributed by atoms with E-state index < -0.39 is 5.41 Å². The van der Waals surface area contributed by atoms with Crippen molar-refractivity contribution in [1.29, 1.82) is 0 Å². The second-order valence-corrected chi connectivity index (χ2v) is 5.06. The molecule has 0 saturated heterocycles. The number of amides is 1. The normalized spacial score (nSPS) is 12.3. The molecule has 0 fully saturated rings. The Bertz CT molecular complexity index is 485. The Morgan fingerprint density at radius 2 is 2.00 bits per heavy atom. The topological polar surface area (TPSA) is 87.7 Å². The van der Waals surface area contributed by atoms with Crippen molar-refractivity contribution in [3.63, 3.8) is 0 Å². The highest BCUT2D eigenvalue weighted by Gasteiger charge is 2.39. The van der Waals surface area contributed by atoms with Crippen LogP contribution in [0.3, 0.4) is 0 Å². The van der Waals surface area contributed by atoms with Gasteiger partial charge in [0.2, 0.25) is 5.91 Å². The van der Waals surface area contributed by atoms with Crippen LogP contribution in [0.2, 0.25) is 0 Å². The Morgan fingerprint density at radius 3 is 2.47 bits per heavy atom. The van der Waals surface area contributed by atoms with Crippen molar-refractivity contribution in [2.75, 3.05) is 5.32 Å². The summed E-state index contributed by atoms with van der Waals surface area (Å²) in [6.07, 6.45) is 0.908. The predicted octanol–water partition coefficient (Wildman–Crippen LogP) is 2.94. The van der Waals surface area contributed by atoms with Gasteiger partial charge < -0.3 is 16.3 Å². The molecule has 0 bridgehead atoms. The first-order chi connectivity index (χ1) is 9.01. The number of amidine groups is 1. The molecule has 1 aromatic rings. The van der Waals surface area contributed by atoms with E-state index in [0.29, 0.717) is 18.5 Å². The lowest BCUT2D eigenvalue weighted by Gasteiger charge is -2.28. The van der Waals surface area contributed by atoms with Crippen LogP contribution in [-0.2, 0) is 4.79 Å². The Labute approximate surface area is 121 Å². The van der Waals surface area contributed by atoms with Crippen molar-refractivity contribution in [2.45, 2.75) is 26.7 Å². The summed E-state index contributed by atoms with van der Waals surface area (Å²) in [6, 6.07) is 7.29. The van der Waals surface area contributed by atoms with Gasteiger partial charge in [0.25, 0.3) is 0 Å². The maximum Gasteiger partial charge on any atom is 0.238 e. The number of nitrogens with one attached hydrogen (secondary N) is 1. The molecule has 0 unspecified atom stereocenters. The van der Waals surface area contributed by atoms with Crippen molar-refractivity contribution >= 4 is 33.4 Å². The molecule has 0 aliphatic rings. The van der Waals surface area contributed by atoms with Crippen LogP contribution in [0.25, 0.3) is 0 Å². The fourth-order valence-electron chi connectivity index (χ4n) is 1.95. The third-order valence-electron chi connectivity index (χ3n) is 3.36. The summed E-state index contributed by atoms with van der Waals surface area (Å²) >= 11 is 3.36. The van der Waals surface area contributed by atoms with Gasteiger partial charge in [0.1, 0.15) is 5.41 Å². The van der Waals surface area contributed by atoms with Crippen LogP contribution in [0.4, 0.5) is 5.69 Å². The number of carbonyl (C=O) groups is 1. The van der Waals surface area contributed by atoms with Gasteiger partial charge in [0.15, 0.2) is 5.84 Å². The van der Waals surface area contributed by atoms with Crippen LogP contribution >= 0.6 is 15.9 Å². The van der Waals surface area contributed by atoms with Crippen LogP contribution in [0, 0.1) is 5.41 Å². The summed E-state index contributed by atoms with van der Waals surface area (Å²) in [4.78, 5) is 12.4. The number of rotatable bonds is 5. The van der Waals surface area contributed by atoms with E-state index in [1.807, 2.05) is 32.0 Å². The number of halogens is 1. The Balaban J connectivity index is 3.06. The molecule has 0 radical (unpaired) electrons. The molecule has 0 aromatic heterocycles. The average Bonchev–Trinajstić information content (AvgIpc) is 2.43. The molecule has 1 rings (SSSR count). The lowest BCUT2D eigenvalue weighted by atomic mass is 9.80. The standard InChI is InChI=1S/C13H18BrN3O2/c1-3-13(4-2,11(15)17-19)12(18)16-10-8-6-5-7-9(10)14/h5-8,19H,3-4H2,1-2H3,(H2,15,17)(H,16,18). The van der Waals surface area contributed by atoms with Gasteiger partial charge in [0, 0.05) is 4.47 Å². The molecule has 1 aromatic carbocycles. The fraction of sp³-hybridized carbons (Fsp3) is 0.385. The lowest BCUT2D eigenvalue weighted by Crippen LogP contribution is -2.46. The van der Waals surface area contributed by atoms with E-state index in [1.165, 1.54) is 0 Å². The molecular weight excluding hydrogens is 310 g/mol. The van der Waals surface area contributed by atoms with Gasteiger partial charge in [-0.05, 0) is 40.9 Å². The van der Waals surface area contributed by atoms with Gasteiger partial charge in [0.05, 0.1) is 5.69 Å². The van der Waals surface area contributed by atoms with Crippen LogP contribution < -0.4 is 11.1 Å². The minimum atomic E-state index is -0.996. The number of oxime groups is 1. The van der Waals surface area contributed by atoms with Crippen LogP contribution in [0.15, 0.2) is 33.9 Å². The SMILES string of the molecule is CCC(CC)(C(=O)Nc1ccccc1Br)C(N)=NO. The second-order valence-electron chi connectivity index (χ2n) is 4.21. The van der Waals surface area contributed by atoms with Crippen LogP contribution in [0.5, 0.6) is 0 Å². The summed E-state index contributed by atoms with van der Waals surface area (Å²) in [6.45, 7) is 3.67. The quantitative estimate of drug-likeness (QED) is 0.336. The third kappa shape index (κ3) is 3.07. The van der Waals surface area contributed by atoms with Crippen LogP contribution in [0.1, 0.15) is 26.7 Å². The van der Waals surface area contributed by atoms with E-state index in [2.05, 4.69) is 26.4 Å². The van der Waals surface area contributed by atoms with Gasteiger partial charge in [-0.25, -0.2) is 0 Å². The number of benzene rings is 1. The molecule has 0 heterocycles.